The third kappa shape index (κ3) is 4.46. The molecular weight excluding hydrogens is 260 g/mol. The Bertz CT molecular complexity index is 488. The average Bonchev–Trinajstić information content (AvgIpc) is 2.44. The molecule has 0 saturated carbocycles. The Morgan fingerprint density at radius 1 is 1.30 bits per heavy atom. The zero-order valence-electron chi connectivity index (χ0n) is 11.9. The average molecular weight is 280 g/mol. The molecule has 0 aliphatic heterocycles. The Hall–Kier alpha value is -2.24. The molecular formula is C14H20N2O4. The molecule has 0 amide bonds. The van der Waals surface area contributed by atoms with E-state index in [0.717, 1.165) is 11.3 Å². The van der Waals surface area contributed by atoms with Crippen molar-refractivity contribution in [2.24, 2.45) is 0 Å². The van der Waals surface area contributed by atoms with Crippen LogP contribution in [0.25, 0.3) is 0 Å². The van der Waals surface area contributed by atoms with E-state index >= 15 is 0 Å². The Kier molecular flexibility index (Phi) is 5.83. The molecule has 0 bridgehead atoms. The van der Waals surface area contributed by atoms with Gasteiger partial charge in [0.25, 0.3) is 0 Å². The molecule has 110 valence electrons. The van der Waals surface area contributed by atoms with Crippen LogP contribution >= 0.6 is 0 Å². The van der Waals surface area contributed by atoms with E-state index in [1.54, 1.807) is 18.2 Å². The monoisotopic (exact) mass is 280 g/mol. The van der Waals surface area contributed by atoms with Crippen LogP contribution in [0.5, 0.6) is 0 Å². The summed E-state index contributed by atoms with van der Waals surface area (Å²) in [5.41, 5.74) is 8.02. The zero-order valence-corrected chi connectivity index (χ0v) is 11.9. The Morgan fingerprint density at radius 3 is 2.55 bits per heavy atom. The van der Waals surface area contributed by atoms with E-state index in [1.807, 2.05) is 6.92 Å². The van der Waals surface area contributed by atoms with Gasteiger partial charge in [0, 0.05) is 17.8 Å². The third-order valence-corrected chi connectivity index (χ3v) is 2.93. The molecule has 1 unspecified atom stereocenters. The molecule has 1 rings (SSSR count). The van der Waals surface area contributed by atoms with E-state index in [-0.39, 0.29) is 12.4 Å². The summed E-state index contributed by atoms with van der Waals surface area (Å²) in [5, 5.41) is 3.07. The molecule has 1 aromatic rings. The lowest BCUT2D eigenvalue weighted by atomic mass is 10.1. The van der Waals surface area contributed by atoms with Gasteiger partial charge >= 0.3 is 11.9 Å². The Morgan fingerprint density at radius 2 is 2.00 bits per heavy atom. The minimum atomic E-state index is -0.610. The molecule has 3 N–H and O–H groups in total. The predicted octanol–water partition coefficient (Wildman–Crippen LogP) is 1.48. The lowest BCUT2D eigenvalue weighted by molar-refractivity contribution is -0.143. The number of methoxy groups -OCH3 is 2. The van der Waals surface area contributed by atoms with Crippen LogP contribution < -0.4 is 11.1 Å². The summed E-state index contributed by atoms with van der Waals surface area (Å²) in [4.78, 5) is 22.9. The van der Waals surface area contributed by atoms with Crippen molar-refractivity contribution in [1.82, 2.24) is 0 Å². The standard InChI is InChI=1S/C14H20N2O4/c1-9-8-10(15)4-5-11(9)16-12(14(18)20-3)6-7-13(17)19-2/h4-5,8,12,16H,6-7,15H2,1-3H3. The van der Waals surface area contributed by atoms with E-state index in [2.05, 4.69) is 10.1 Å². The maximum absolute atomic E-state index is 11.7. The van der Waals surface area contributed by atoms with E-state index < -0.39 is 12.0 Å². The van der Waals surface area contributed by atoms with Crippen molar-refractivity contribution in [3.05, 3.63) is 23.8 Å². The molecule has 1 atom stereocenters. The van der Waals surface area contributed by atoms with Gasteiger partial charge in [-0.05, 0) is 37.1 Å². The Balaban J connectivity index is 2.78. The summed E-state index contributed by atoms with van der Waals surface area (Å²) < 4.78 is 9.30. The first-order valence-corrected chi connectivity index (χ1v) is 6.25. The fourth-order valence-corrected chi connectivity index (χ4v) is 1.79. The van der Waals surface area contributed by atoms with Crippen LogP contribution in [-0.4, -0.2) is 32.2 Å². The fraction of sp³-hybridized carbons (Fsp3) is 0.429. The van der Waals surface area contributed by atoms with Crippen LogP contribution in [0.3, 0.4) is 0 Å². The predicted molar refractivity (Wildman–Crippen MR) is 76.3 cm³/mol. The number of anilines is 2. The number of esters is 2. The van der Waals surface area contributed by atoms with Gasteiger partial charge in [0.2, 0.25) is 0 Å². The quantitative estimate of drug-likeness (QED) is 0.606. The highest BCUT2D eigenvalue weighted by Crippen LogP contribution is 2.20. The van der Waals surface area contributed by atoms with Gasteiger partial charge in [0.1, 0.15) is 6.04 Å². The second-order valence-electron chi connectivity index (χ2n) is 4.41. The number of nitrogens with two attached hydrogens (primary N) is 1. The van der Waals surface area contributed by atoms with Crippen LogP contribution in [0.1, 0.15) is 18.4 Å². The number of nitrogen functional groups attached to an aromatic ring is 1. The summed E-state index contributed by atoms with van der Waals surface area (Å²) in [5.74, 6) is -0.792. The van der Waals surface area contributed by atoms with Crippen LogP contribution in [-0.2, 0) is 19.1 Å². The normalized spacial score (nSPS) is 11.6. The maximum atomic E-state index is 11.7. The van der Waals surface area contributed by atoms with E-state index in [0.29, 0.717) is 12.1 Å². The van der Waals surface area contributed by atoms with Gasteiger partial charge in [-0.1, -0.05) is 0 Å². The number of nitrogens with one attached hydrogen (secondary N) is 1. The SMILES string of the molecule is COC(=O)CCC(Nc1ccc(N)cc1C)C(=O)OC. The summed E-state index contributed by atoms with van der Waals surface area (Å²) >= 11 is 0. The fourth-order valence-electron chi connectivity index (χ4n) is 1.79. The van der Waals surface area contributed by atoms with Gasteiger partial charge in [-0.3, -0.25) is 4.79 Å². The summed E-state index contributed by atoms with van der Waals surface area (Å²) in [6.07, 6.45) is 0.431. The molecule has 6 heteroatoms. The van der Waals surface area contributed by atoms with Gasteiger partial charge < -0.3 is 20.5 Å². The second kappa shape index (κ2) is 7.37. The minimum Gasteiger partial charge on any atom is -0.469 e. The molecule has 0 fully saturated rings. The molecule has 6 nitrogen and oxygen atoms in total. The molecule has 0 aliphatic rings. The van der Waals surface area contributed by atoms with Crippen LogP contribution in [0, 0.1) is 6.92 Å². The van der Waals surface area contributed by atoms with Crippen LogP contribution in [0.15, 0.2) is 18.2 Å². The number of hydrogen-bond acceptors (Lipinski definition) is 6. The maximum Gasteiger partial charge on any atom is 0.328 e. The van der Waals surface area contributed by atoms with Crippen molar-refractivity contribution in [1.29, 1.82) is 0 Å². The van der Waals surface area contributed by atoms with Crippen molar-refractivity contribution in [3.63, 3.8) is 0 Å². The van der Waals surface area contributed by atoms with Crippen molar-refractivity contribution in [2.45, 2.75) is 25.8 Å². The first-order chi connectivity index (χ1) is 9.47. The van der Waals surface area contributed by atoms with Crippen molar-refractivity contribution < 1.29 is 19.1 Å². The highest BCUT2D eigenvalue weighted by atomic mass is 16.5. The number of benzene rings is 1. The zero-order chi connectivity index (χ0) is 15.1. The van der Waals surface area contributed by atoms with E-state index in [9.17, 15) is 9.59 Å². The molecule has 0 heterocycles. The largest absolute Gasteiger partial charge is 0.469 e. The number of aryl methyl sites for hydroxylation is 1. The lowest BCUT2D eigenvalue weighted by Crippen LogP contribution is -2.31. The first kappa shape index (κ1) is 15.8. The number of hydrogen-bond donors (Lipinski definition) is 2. The third-order valence-electron chi connectivity index (χ3n) is 2.93. The van der Waals surface area contributed by atoms with Gasteiger partial charge in [-0.25, -0.2) is 4.79 Å². The van der Waals surface area contributed by atoms with Gasteiger partial charge in [0.15, 0.2) is 0 Å². The number of carbonyl (C=O) groups excluding carboxylic acids is 2. The molecule has 1 aromatic carbocycles. The second-order valence-corrected chi connectivity index (χ2v) is 4.41. The first-order valence-electron chi connectivity index (χ1n) is 6.25. The van der Waals surface area contributed by atoms with Crippen molar-refractivity contribution in [3.8, 4) is 0 Å². The Labute approximate surface area is 118 Å². The van der Waals surface area contributed by atoms with Gasteiger partial charge in [0.05, 0.1) is 14.2 Å². The molecule has 0 aromatic heterocycles. The summed E-state index contributed by atoms with van der Waals surface area (Å²) in [6.45, 7) is 1.88. The van der Waals surface area contributed by atoms with Gasteiger partial charge in [-0.15, -0.1) is 0 Å². The lowest BCUT2D eigenvalue weighted by Gasteiger charge is -2.18. The topological polar surface area (TPSA) is 90.6 Å². The molecule has 20 heavy (non-hydrogen) atoms. The van der Waals surface area contributed by atoms with E-state index in [1.165, 1.54) is 14.2 Å². The summed E-state index contributed by atoms with van der Waals surface area (Å²) in [7, 11) is 2.62. The molecule has 0 radical (unpaired) electrons. The van der Waals surface area contributed by atoms with E-state index in [4.69, 9.17) is 10.5 Å². The molecule has 0 spiro atoms. The minimum absolute atomic E-state index is 0.136. The smallest absolute Gasteiger partial charge is 0.328 e. The number of carbonyl (C=O) groups is 2. The summed E-state index contributed by atoms with van der Waals surface area (Å²) in [6, 6.07) is 4.72. The highest BCUT2D eigenvalue weighted by Gasteiger charge is 2.21. The van der Waals surface area contributed by atoms with Crippen molar-refractivity contribution in [2.75, 3.05) is 25.3 Å². The molecule has 0 aliphatic carbocycles. The van der Waals surface area contributed by atoms with Crippen LogP contribution in [0.4, 0.5) is 11.4 Å². The highest BCUT2D eigenvalue weighted by molar-refractivity contribution is 5.80. The van der Waals surface area contributed by atoms with Crippen LogP contribution in [0.2, 0.25) is 0 Å². The number of rotatable bonds is 6. The van der Waals surface area contributed by atoms with Crippen molar-refractivity contribution >= 4 is 23.3 Å². The van der Waals surface area contributed by atoms with Gasteiger partial charge in [-0.2, -0.15) is 0 Å². The number of ether oxygens (including phenoxy) is 2. The molecule has 0 saturated heterocycles.